The second-order valence-electron chi connectivity index (χ2n) is 6.73. The minimum absolute atomic E-state index is 0.0128. The van der Waals surface area contributed by atoms with Crippen molar-refractivity contribution < 1.29 is 14.6 Å². The third-order valence-corrected chi connectivity index (χ3v) is 5.57. The molecular formula is C17H32N2O3. The van der Waals surface area contributed by atoms with Gasteiger partial charge in [0.15, 0.2) is 0 Å². The summed E-state index contributed by atoms with van der Waals surface area (Å²) in [5.41, 5.74) is 0. The predicted octanol–water partition coefficient (Wildman–Crippen LogP) is 1.35. The van der Waals surface area contributed by atoms with Crippen LogP contribution in [-0.2, 0) is 9.53 Å². The van der Waals surface area contributed by atoms with E-state index < -0.39 is 0 Å². The third-order valence-electron chi connectivity index (χ3n) is 5.57. The van der Waals surface area contributed by atoms with E-state index in [1.807, 2.05) is 11.8 Å². The van der Waals surface area contributed by atoms with Crippen molar-refractivity contribution in [3.8, 4) is 0 Å². The maximum Gasteiger partial charge on any atom is 0.222 e. The van der Waals surface area contributed by atoms with Crippen LogP contribution < -0.4 is 0 Å². The first-order valence-electron chi connectivity index (χ1n) is 8.79. The molecule has 0 spiro atoms. The molecule has 0 unspecified atom stereocenters. The highest BCUT2D eigenvalue weighted by molar-refractivity contribution is 5.76. The number of hydrogen-bond donors (Lipinski definition) is 1. The molecular weight excluding hydrogens is 280 g/mol. The Balaban J connectivity index is 2.07. The lowest BCUT2D eigenvalue weighted by Gasteiger charge is -2.32. The molecule has 0 aromatic rings. The van der Waals surface area contributed by atoms with Crippen molar-refractivity contribution >= 4 is 5.91 Å². The molecule has 2 heterocycles. The summed E-state index contributed by atoms with van der Waals surface area (Å²) >= 11 is 0. The molecule has 0 saturated carbocycles. The van der Waals surface area contributed by atoms with Gasteiger partial charge >= 0.3 is 0 Å². The van der Waals surface area contributed by atoms with Crippen LogP contribution in [0.5, 0.6) is 0 Å². The summed E-state index contributed by atoms with van der Waals surface area (Å²) in [4.78, 5) is 16.6. The van der Waals surface area contributed by atoms with Crippen molar-refractivity contribution in [1.29, 1.82) is 0 Å². The molecule has 2 aliphatic heterocycles. The van der Waals surface area contributed by atoms with Crippen LogP contribution in [0.1, 0.15) is 39.5 Å². The van der Waals surface area contributed by atoms with Gasteiger partial charge in [-0.05, 0) is 31.2 Å². The highest BCUT2D eigenvalue weighted by atomic mass is 16.5. The average Bonchev–Trinajstić information content (AvgIpc) is 3.11. The van der Waals surface area contributed by atoms with Crippen molar-refractivity contribution in [2.24, 2.45) is 11.8 Å². The Morgan fingerprint density at radius 1 is 1.36 bits per heavy atom. The largest absolute Gasteiger partial charge is 0.394 e. The molecule has 22 heavy (non-hydrogen) atoms. The van der Waals surface area contributed by atoms with Gasteiger partial charge in [0.1, 0.15) is 0 Å². The predicted molar refractivity (Wildman–Crippen MR) is 86.6 cm³/mol. The molecule has 128 valence electrons. The van der Waals surface area contributed by atoms with Crippen LogP contribution in [0, 0.1) is 11.8 Å². The number of carbonyl (C=O) groups is 1. The van der Waals surface area contributed by atoms with Crippen molar-refractivity contribution in [2.75, 3.05) is 40.0 Å². The van der Waals surface area contributed by atoms with Crippen molar-refractivity contribution in [3.05, 3.63) is 0 Å². The minimum atomic E-state index is -0.0128. The molecule has 0 aromatic heterocycles. The Labute approximate surface area is 134 Å². The molecule has 4 atom stereocenters. The van der Waals surface area contributed by atoms with Gasteiger partial charge in [-0.2, -0.15) is 0 Å². The van der Waals surface area contributed by atoms with Gasteiger partial charge in [0.2, 0.25) is 5.91 Å². The number of nitrogens with zero attached hydrogens (tertiary/aromatic N) is 2. The van der Waals surface area contributed by atoms with E-state index in [-0.39, 0.29) is 18.6 Å². The van der Waals surface area contributed by atoms with Crippen molar-refractivity contribution in [2.45, 2.75) is 51.6 Å². The molecule has 2 saturated heterocycles. The summed E-state index contributed by atoms with van der Waals surface area (Å²) < 4.78 is 5.35. The summed E-state index contributed by atoms with van der Waals surface area (Å²) in [6.07, 6.45) is 4.00. The fourth-order valence-electron chi connectivity index (χ4n) is 4.28. The summed E-state index contributed by atoms with van der Waals surface area (Å²) in [6.45, 7) is 7.86. The van der Waals surface area contributed by atoms with Crippen molar-refractivity contribution in [3.63, 3.8) is 0 Å². The van der Waals surface area contributed by atoms with Crippen LogP contribution in [0.3, 0.4) is 0 Å². The quantitative estimate of drug-likeness (QED) is 0.771. The zero-order valence-electron chi connectivity index (χ0n) is 14.3. The number of aliphatic hydroxyl groups is 1. The lowest BCUT2D eigenvalue weighted by Crippen LogP contribution is -2.45. The Hall–Kier alpha value is -0.650. The highest BCUT2D eigenvalue weighted by Crippen LogP contribution is 2.34. The maximum atomic E-state index is 12.2. The van der Waals surface area contributed by atoms with E-state index in [9.17, 15) is 9.90 Å². The van der Waals surface area contributed by atoms with Crippen LogP contribution in [0.4, 0.5) is 0 Å². The molecule has 1 amide bonds. The van der Waals surface area contributed by atoms with Crippen LogP contribution >= 0.6 is 0 Å². The fraction of sp³-hybridized carbons (Fsp3) is 0.941. The summed E-state index contributed by atoms with van der Waals surface area (Å²) in [5, 5.41) is 9.87. The van der Waals surface area contributed by atoms with E-state index >= 15 is 0 Å². The number of methoxy groups -OCH3 is 1. The summed E-state index contributed by atoms with van der Waals surface area (Å²) in [6, 6.07) is 0.485. The van der Waals surface area contributed by atoms with Crippen LogP contribution in [0.25, 0.3) is 0 Å². The van der Waals surface area contributed by atoms with Gasteiger partial charge in [-0.3, -0.25) is 9.69 Å². The van der Waals surface area contributed by atoms with E-state index in [4.69, 9.17) is 4.74 Å². The van der Waals surface area contributed by atoms with E-state index in [1.54, 1.807) is 7.11 Å². The van der Waals surface area contributed by atoms with E-state index in [0.717, 1.165) is 32.7 Å². The topological polar surface area (TPSA) is 53.0 Å². The Bertz CT molecular complexity index is 364. The fourth-order valence-corrected chi connectivity index (χ4v) is 4.28. The molecule has 2 aliphatic rings. The smallest absolute Gasteiger partial charge is 0.222 e. The number of hydrogen-bond acceptors (Lipinski definition) is 4. The van der Waals surface area contributed by atoms with Crippen molar-refractivity contribution in [1.82, 2.24) is 9.80 Å². The monoisotopic (exact) mass is 312 g/mol. The molecule has 1 N–H and O–H groups in total. The highest BCUT2D eigenvalue weighted by Gasteiger charge is 2.43. The van der Waals surface area contributed by atoms with Gasteiger partial charge < -0.3 is 14.7 Å². The van der Waals surface area contributed by atoms with E-state index in [1.165, 1.54) is 12.8 Å². The lowest BCUT2D eigenvalue weighted by atomic mass is 9.88. The Morgan fingerprint density at radius 3 is 2.73 bits per heavy atom. The number of amides is 1. The summed E-state index contributed by atoms with van der Waals surface area (Å²) in [7, 11) is 1.76. The second-order valence-corrected chi connectivity index (χ2v) is 6.73. The number of aliphatic hydroxyl groups excluding tert-OH is 1. The molecule has 0 bridgehead atoms. The van der Waals surface area contributed by atoms with E-state index in [2.05, 4.69) is 11.8 Å². The SMILES string of the molecule is CCC(=O)N1C[C@@H](CC)[C@@H](CN2CCC[C@@H]2COC)[C@H]1CO. The molecule has 0 radical (unpaired) electrons. The molecule has 2 rings (SSSR count). The number of ether oxygens (including phenoxy) is 1. The standard InChI is InChI=1S/C17H32N2O3/c1-4-13-9-19(17(21)5-2)16(11-20)15(13)10-18-8-6-7-14(18)12-22-3/h13-16,20H,4-12H2,1-3H3/t13-,14-,15-,16-/m1/s1. The first-order valence-corrected chi connectivity index (χ1v) is 8.79. The van der Waals surface area contributed by atoms with Gasteiger partial charge in [-0.15, -0.1) is 0 Å². The molecule has 5 heteroatoms. The molecule has 5 nitrogen and oxygen atoms in total. The second kappa shape index (κ2) is 8.27. The van der Waals surface area contributed by atoms with Gasteiger partial charge in [0.25, 0.3) is 0 Å². The number of likely N-dealkylation sites (tertiary alicyclic amines) is 2. The third kappa shape index (κ3) is 3.63. The van der Waals surface area contributed by atoms with Gasteiger partial charge in [0, 0.05) is 32.7 Å². The van der Waals surface area contributed by atoms with Gasteiger partial charge in [0.05, 0.1) is 19.3 Å². The first-order chi connectivity index (χ1) is 10.7. The number of carbonyl (C=O) groups excluding carboxylic acids is 1. The normalized spacial score (nSPS) is 32.8. The average molecular weight is 312 g/mol. The molecule has 0 aliphatic carbocycles. The summed E-state index contributed by atoms with van der Waals surface area (Å²) in [5.74, 6) is 1.05. The zero-order chi connectivity index (χ0) is 16.1. The Kier molecular flexibility index (Phi) is 6.66. The Morgan fingerprint density at radius 2 is 2.14 bits per heavy atom. The first kappa shape index (κ1) is 17.7. The lowest BCUT2D eigenvalue weighted by molar-refractivity contribution is -0.133. The van der Waals surface area contributed by atoms with Crippen LogP contribution in [-0.4, -0.2) is 72.9 Å². The zero-order valence-corrected chi connectivity index (χ0v) is 14.3. The minimum Gasteiger partial charge on any atom is -0.394 e. The van der Waals surface area contributed by atoms with Crippen LogP contribution in [0.15, 0.2) is 0 Å². The maximum absolute atomic E-state index is 12.2. The van der Waals surface area contributed by atoms with Crippen LogP contribution in [0.2, 0.25) is 0 Å². The molecule has 2 fully saturated rings. The van der Waals surface area contributed by atoms with Gasteiger partial charge in [-0.25, -0.2) is 0 Å². The van der Waals surface area contributed by atoms with Gasteiger partial charge in [-0.1, -0.05) is 20.3 Å². The van der Waals surface area contributed by atoms with E-state index in [0.29, 0.717) is 24.3 Å². The number of rotatable bonds is 7. The molecule has 0 aromatic carbocycles.